The molecule has 5 heteroatoms. The van der Waals surface area contributed by atoms with Gasteiger partial charge in [0.05, 0.1) is 15.4 Å². The maximum Gasteiger partial charge on any atom is 0.335 e. The van der Waals surface area contributed by atoms with Crippen molar-refractivity contribution in [2.75, 3.05) is 5.32 Å². The number of anilines is 1. The average molecular weight is 352 g/mol. The lowest BCUT2D eigenvalue weighted by Crippen LogP contribution is -2.15. The summed E-state index contributed by atoms with van der Waals surface area (Å²) in [6.07, 6.45) is 3.38. The van der Waals surface area contributed by atoms with Gasteiger partial charge in [-0.1, -0.05) is 6.07 Å². The van der Waals surface area contributed by atoms with Crippen molar-refractivity contribution in [3.05, 3.63) is 50.1 Å². The molecule has 2 N–H and O–H groups in total. The molecule has 1 aromatic heterocycles. The number of rotatable bonds is 3. The van der Waals surface area contributed by atoms with E-state index in [0.29, 0.717) is 5.56 Å². The molecule has 1 atom stereocenters. The predicted octanol–water partition coefficient (Wildman–Crippen LogP) is 4.70. The average Bonchev–Trinajstić information content (AvgIpc) is 2.80. The molecule has 0 amide bonds. The second-order valence-corrected chi connectivity index (χ2v) is 7.42. The number of hydrogen-bond acceptors (Lipinski definition) is 3. The van der Waals surface area contributed by atoms with Crippen LogP contribution in [0.3, 0.4) is 0 Å². The summed E-state index contributed by atoms with van der Waals surface area (Å²) in [5.74, 6) is -0.892. The molecule has 0 radical (unpaired) electrons. The van der Waals surface area contributed by atoms with E-state index in [4.69, 9.17) is 5.11 Å². The Morgan fingerprint density at radius 3 is 3.05 bits per heavy atom. The van der Waals surface area contributed by atoms with Crippen LogP contribution in [0.4, 0.5) is 5.69 Å². The van der Waals surface area contributed by atoms with Crippen LogP contribution in [0.2, 0.25) is 0 Å². The molecule has 0 spiro atoms. The number of carbonyl (C=O) groups is 1. The van der Waals surface area contributed by atoms with E-state index in [-0.39, 0.29) is 6.04 Å². The normalized spacial score (nSPS) is 17.6. The van der Waals surface area contributed by atoms with Gasteiger partial charge in [-0.3, -0.25) is 0 Å². The number of hydrogen-bond donors (Lipinski definition) is 2. The van der Waals surface area contributed by atoms with E-state index >= 15 is 0 Å². The summed E-state index contributed by atoms with van der Waals surface area (Å²) < 4.78 is 1.16. The van der Waals surface area contributed by atoms with Crippen LogP contribution >= 0.6 is 27.3 Å². The third kappa shape index (κ3) is 2.74. The monoisotopic (exact) mass is 351 g/mol. The van der Waals surface area contributed by atoms with Gasteiger partial charge in [0.2, 0.25) is 0 Å². The van der Waals surface area contributed by atoms with Crippen molar-refractivity contribution in [2.45, 2.75) is 25.3 Å². The van der Waals surface area contributed by atoms with Gasteiger partial charge in [-0.25, -0.2) is 4.79 Å². The van der Waals surface area contributed by atoms with Crippen molar-refractivity contribution >= 4 is 38.9 Å². The van der Waals surface area contributed by atoms with Crippen LogP contribution in [0.5, 0.6) is 0 Å². The number of aromatic carboxylic acids is 1. The zero-order valence-electron chi connectivity index (χ0n) is 10.7. The molecule has 1 unspecified atom stereocenters. The second kappa shape index (κ2) is 5.58. The molecule has 0 saturated heterocycles. The summed E-state index contributed by atoms with van der Waals surface area (Å²) in [4.78, 5) is 12.4. The molecule has 1 heterocycles. The summed E-state index contributed by atoms with van der Waals surface area (Å²) in [7, 11) is 0. The molecule has 3 rings (SSSR count). The number of aryl methyl sites for hydroxylation is 1. The molecule has 0 fully saturated rings. The van der Waals surface area contributed by atoms with Crippen LogP contribution in [-0.2, 0) is 6.42 Å². The molecule has 1 aliphatic carbocycles. The zero-order valence-corrected chi connectivity index (χ0v) is 13.1. The summed E-state index contributed by atoms with van der Waals surface area (Å²) in [5, 5.41) is 12.5. The number of fused-ring (bicyclic) bond motifs is 1. The highest BCUT2D eigenvalue weighted by Crippen LogP contribution is 2.39. The van der Waals surface area contributed by atoms with Crippen LogP contribution in [-0.4, -0.2) is 11.1 Å². The number of halogens is 1. The Morgan fingerprint density at radius 2 is 2.25 bits per heavy atom. The van der Waals surface area contributed by atoms with E-state index in [1.165, 1.54) is 10.4 Å². The van der Waals surface area contributed by atoms with Crippen LogP contribution in [0.1, 0.15) is 39.7 Å². The number of carboxylic acids is 1. The largest absolute Gasteiger partial charge is 0.478 e. The van der Waals surface area contributed by atoms with Gasteiger partial charge in [0.1, 0.15) is 0 Å². The van der Waals surface area contributed by atoms with Crippen molar-refractivity contribution in [2.24, 2.45) is 0 Å². The van der Waals surface area contributed by atoms with Gasteiger partial charge in [-0.05, 0) is 65.0 Å². The molecule has 0 bridgehead atoms. The molecular formula is C15H14BrNO2S. The Bertz CT molecular complexity index is 653. The predicted molar refractivity (Wildman–Crippen MR) is 84.7 cm³/mol. The Hall–Kier alpha value is -1.33. The zero-order chi connectivity index (χ0) is 14.1. The number of benzene rings is 1. The SMILES string of the molecule is O=C(O)c1cccc(NC2CCCc3sc(Br)cc32)c1. The smallest absolute Gasteiger partial charge is 0.335 e. The van der Waals surface area contributed by atoms with Gasteiger partial charge in [-0.2, -0.15) is 0 Å². The highest BCUT2D eigenvalue weighted by Gasteiger charge is 2.22. The summed E-state index contributed by atoms with van der Waals surface area (Å²) in [5.41, 5.74) is 2.52. The van der Waals surface area contributed by atoms with Gasteiger partial charge in [-0.15, -0.1) is 11.3 Å². The van der Waals surface area contributed by atoms with Crippen molar-refractivity contribution in [1.82, 2.24) is 0 Å². The number of thiophene rings is 1. The van der Waals surface area contributed by atoms with Gasteiger partial charge in [0, 0.05) is 10.6 Å². The van der Waals surface area contributed by atoms with Crippen molar-refractivity contribution in [1.29, 1.82) is 0 Å². The summed E-state index contributed by atoms with van der Waals surface area (Å²) in [6, 6.07) is 9.45. The first-order chi connectivity index (χ1) is 9.63. The second-order valence-electron chi connectivity index (χ2n) is 4.90. The van der Waals surface area contributed by atoms with E-state index in [9.17, 15) is 4.79 Å². The third-order valence-corrected chi connectivity index (χ3v) is 5.25. The maximum atomic E-state index is 11.0. The highest BCUT2D eigenvalue weighted by atomic mass is 79.9. The first-order valence-corrected chi connectivity index (χ1v) is 8.12. The molecule has 104 valence electrons. The molecule has 1 aliphatic rings. The lowest BCUT2D eigenvalue weighted by molar-refractivity contribution is 0.0697. The van der Waals surface area contributed by atoms with Crippen LogP contribution in [0, 0.1) is 0 Å². The number of nitrogens with one attached hydrogen (secondary N) is 1. The minimum atomic E-state index is -0.892. The molecule has 1 aromatic carbocycles. The first-order valence-electron chi connectivity index (χ1n) is 6.51. The van der Waals surface area contributed by atoms with Gasteiger partial charge in [0.15, 0.2) is 0 Å². The Morgan fingerprint density at radius 1 is 1.40 bits per heavy atom. The molecule has 0 aliphatic heterocycles. The van der Waals surface area contributed by atoms with E-state index in [1.807, 2.05) is 6.07 Å². The molecule has 0 saturated carbocycles. The van der Waals surface area contributed by atoms with E-state index in [2.05, 4.69) is 27.3 Å². The van der Waals surface area contributed by atoms with Gasteiger partial charge < -0.3 is 10.4 Å². The minimum Gasteiger partial charge on any atom is -0.478 e. The van der Waals surface area contributed by atoms with Crippen LogP contribution < -0.4 is 5.32 Å². The summed E-state index contributed by atoms with van der Waals surface area (Å²) >= 11 is 5.34. The van der Waals surface area contributed by atoms with Crippen molar-refractivity contribution in [3.8, 4) is 0 Å². The molecule has 20 heavy (non-hydrogen) atoms. The Balaban J connectivity index is 1.85. The lowest BCUT2D eigenvalue weighted by Gasteiger charge is -2.24. The van der Waals surface area contributed by atoms with E-state index < -0.39 is 5.97 Å². The highest BCUT2D eigenvalue weighted by molar-refractivity contribution is 9.11. The molecule has 3 nitrogen and oxygen atoms in total. The maximum absolute atomic E-state index is 11.0. The van der Waals surface area contributed by atoms with E-state index in [0.717, 1.165) is 28.7 Å². The summed E-state index contributed by atoms with van der Waals surface area (Å²) in [6.45, 7) is 0. The minimum absolute atomic E-state index is 0.269. The van der Waals surface area contributed by atoms with Crippen molar-refractivity contribution in [3.63, 3.8) is 0 Å². The topological polar surface area (TPSA) is 49.3 Å². The quantitative estimate of drug-likeness (QED) is 0.842. The molecule has 2 aromatic rings. The van der Waals surface area contributed by atoms with Crippen LogP contribution in [0.25, 0.3) is 0 Å². The number of carboxylic acid groups (broad SMARTS) is 1. The molecular weight excluding hydrogens is 338 g/mol. The first kappa shape index (κ1) is 13.6. The fourth-order valence-corrected chi connectivity index (χ4v) is 4.43. The Kier molecular flexibility index (Phi) is 3.81. The van der Waals surface area contributed by atoms with Gasteiger partial charge in [0.25, 0.3) is 0 Å². The third-order valence-electron chi connectivity index (χ3n) is 3.53. The van der Waals surface area contributed by atoms with Crippen molar-refractivity contribution < 1.29 is 9.90 Å². The fraction of sp³-hybridized carbons (Fsp3) is 0.267. The van der Waals surface area contributed by atoms with Crippen LogP contribution in [0.15, 0.2) is 34.1 Å². The lowest BCUT2D eigenvalue weighted by atomic mass is 9.94. The van der Waals surface area contributed by atoms with E-state index in [1.54, 1.807) is 29.5 Å². The Labute approximate surface area is 129 Å². The standard InChI is InChI=1S/C15H14BrNO2S/c16-14-8-11-12(5-2-6-13(11)20-14)17-10-4-1-3-9(7-10)15(18)19/h1,3-4,7-8,12,17H,2,5-6H2,(H,18,19). The fourth-order valence-electron chi connectivity index (χ4n) is 2.61. The van der Waals surface area contributed by atoms with Gasteiger partial charge >= 0.3 is 5.97 Å².